The van der Waals surface area contributed by atoms with Crippen molar-refractivity contribution in [3.63, 3.8) is 0 Å². The number of pyridine rings is 1. The SMILES string of the molecule is COc1cc2cccnc2n1S(=O)(=O)c1ccc(C)cc1. The summed E-state index contributed by atoms with van der Waals surface area (Å²) in [5, 5.41) is 0.713. The number of aromatic nitrogens is 2. The Balaban J connectivity index is 2.30. The van der Waals surface area contributed by atoms with Crippen molar-refractivity contribution in [1.29, 1.82) is 0 Å². The highest BCUT2D eigenvalue weighted by Gasteiger charge is 2.24. The van der Waals surface area contributed by atoms with Gasteiger partial charge in [-0.1, -0.05) is 17.7 Å². The number of benzene rings is 1. The van der Waals surface area contributed by atoms with Crippen LogP contribution >= 0.6 is 0 Å². The van der Waals surface area contributed by atoms with Gasteiger partial charge in [-0.05, 0) is 31.2 Å². The van der Waals surface area contributed by atoms with Gasteiger partial charge in [-0.25, -0.2) is 13.4 Å². The molecule has 108 valence electrons. The van der Waals surface area contributed by atoms with Crippen LogP contribution in [0.5, 0.6) is 5.88 Å². The largest absolute Gasteiger partial charge is 0.481 e. The molecule has 0 saturated carbocycles. The molecule has 0 atom stereocenters. The molecule has 3 aromatic rings. The minimum atomic E-state index is -3.75. The van der Waals surface area contributed by atoms with Gasteiger partial charge in [0.05, 0.1) is 12.0 Å². The molecule has 5 nitrogen and oxygen atoms in total. The topological polar surface area (TPSA) is 61.2 Å². The molecule has 0 aliphatic rings. The number of rotatable bonds is 3. The molecular formula is C15H14N2O3S. The van der Waals surface area contributed by atoms with Crippen molar-refractivity contribution in [3.8, 4) is 5.88 Å². The third-order valence-electron chi connectivity index (χ3n) is 3.26. The first kappa shape index (κ1) is 13.6. The lowest BCUT2D eigenvalue weighted by Gasteiger charge is -2.10. The molecule has 0 unspecified atom stereocenters. The molecule has 21 heavy (non-hydrogen) atoms. The Morgan fingerprint density at radius 2 is 1.86 bits per heavy atom. The number of methoxy groups -OCH3 is 1. The number of fused-ring (bicyclic) bond motifs is 1. The predicted octanol–water partition coefficient (Wildman–Crippen LogP) is 2.59. The molecule has 2 heterocycles. The van der Waals surface area contributed by atoms with E-state index in [2.05, 4.69) is 4.98 Å². The van der Waals surface area contributed by atoms with Crippen LogP contribution in [-0.4, -0.2) is 24.5 Å². The quantitative estimate of drug-likeness (QED) is 0.746. The van der Waals surface area contributed by atoms with Crippen molar-refractivity contribution in [3.05, 3.63) is 54.2 Å². The van der Waals surface area contributed by atoms with Gasteiger partial charge in [-0.15, -0.1) is 0 Å². The third kappa shape index (κ3) is 2.17. The molecule has 0 N–H and O–H groups in total. The van der Waals surface area contributed by atoms with Crippen LogP contribution in [0.25, 0.3) is 11.0 Å². The highest BCUT2D eigenvalue weighted by atomic mass is 32.2. The maximum atomic E-state index is 12.8. The maximum absolute atomic E-state index is 12.8. The normalized spacial score (nSPS) is 11.7. The highest BCUT2D eigenvalue weighted by molar-refractivity contribution is 7.90. The average Bonchev–Trinajstić information content (AvgIpc) is 2.87. The zero-order chi connectivity index (χ0) is 15.0. The van der Waals surface area contributed by atoms with Crippen LogP contribution in [0, 0.1) is 6.92 Å². The summed E-state index contributed by atoms with van der Waals surface area (Å²) < 4.78 is 32.0. The Hall–Kier alpha value is -2.34. The second kappa shape index (κ2) is 4.89. The summed E-state index contributed by atoms with van der Waals surface area (Å²) in [5.41, 5.74) is 1.35. The van der Waals surface area contributed by atoms with E-state index in [0.717, 1.165) is 9.54 Å². The molecule has 0 aliphatic heterocycles. The van der Waals surface area contributed by atoms with Crippen LogP contribution in [-0.2, 0) is 10.0 Å². The Morgan fingerprint density at radius 1 is 1.14 bits per heavy atom. The minimum Gasteiger partial charge on any atom is -0.481 e. The lowest BCUT2D eigenvalue weighted by molar-refractivity contribution is 0.394. The van der Waals surface area contributed by atoms with Crippen LogP contribution in [0.4, 0.5) is 0 Å². The van der Waals surface area contributed by atoms with Crippen molar-refractivity contribution < 1.29 is 13.2 Å². The second-order valence-electron chi connectivity index (χ2n) is 4.69. The molecule has 0 fully saturated rings. The molecule has 6 heteroatoms. The van der Waals surface area contributed by atoms with Crippen molar-refractivity contribution in [2.45, 2.75) is 11.8 Å². The molecule has 0 saturated heterocycles. The first-order chi connectivity index (χ1) is 10.0. The van der Waals surface area contributed by atoms with Crippen molar-refractivity contribution >= 4 is 21.1 Å². The number of nitrogens with zero attached hydrogens (tertiary/aromatic N) is 2. The van der Waals surface area contributed by atoms with Crippen LogP contribution < -0.4 is 4.74 Å². The second-order valence-corrected chi connectivity index (χ2v) is 6.47. The van der Waals surface area contributed by atoms with Gasteiger partial charge in [-0.3, -0.25) is 0 Å². The molecule has 2 aromatic heterocycles. The van der Waals surface area contributed by atoms with Crippen LogP contribution in [0.2, 0.25) is 0 Å². The fourth-order valence-corrected chi connectivity index (χ4v) is 3.61. The Morgan fingerprint density at radius 3 is 2.52 bits per heavy atom. The molecule has 0 spiro atoms. The summed E-state index contributed by atoms with van der Waals surface area (Å²) in [6.45, 7) is 1.91. The minimum absolute atomic E-state index is 0.203. The lowest BCUT2D eigenvalue weighted by atomic mass is 10.2. The number of hydrogen-bond donors (Lipinski definition) is 0. The number of ether oxygens (including phenoxy) is 1. The molecule has 3 rings (SSSR count). The molecular weight excluding hydrogens is 288 g/mol. The number of hydrogen-bond acceptors (Lipinski definition) is 4. The summed E-state index contributed by atoms with van der Waals surface area (Å²) >= 11 is 0. The van der Waals surface area contributed by atoms with Gasteiger partial charge in [0, 0.05) is 17.6 Å². The van der Waals surface area contributed by atoms with E-state index in [0.29, 0.717) is 11.0 Å². The standard InChI is InChI=1S/C15H14N2O3S/c1-11-5-7-13(8-6-11)21(18,19)17-14(20-2)10-12-4-3-9-16-15(12)17/h3-10H,1-2H3. The van der Waals surface area contributed by atoms with E-state index in [1.807, 2.05) is 6.92 Å². The molecule has 0 bridgehead atoms. The maximum Gasteiger partial charge on any atom is 0.272 e. The number of aryl methyl sites for hydroxylation is 1. The van der Waals surface area contributed by atoms with E-state index in [1.165, 1.54) is 7.11 Å². The Bertz CT molecular complexity index is 896. The molecule has 1 aromatic carbocycles. The predicted molar refractivity (Wildman–Crippen MR) is 80.0 cm³/mol. The first-order valence-corrected chi connectivity index (χ1v) is 7.81. The summed E-state index contributed by atoms with van der Waals surface area (Å²) in [4.78, 5) is 4.37. The van der Waals surface area contributed by atoms with Gasteiger partial charge in [0.25, 0.3) is 10.0 Å². The molecule has 0 radical (unpaired) electrons. The summed E-state index contributed by atoms with van der Waals surface area (Å²) in [5.74, 6) is 0.240. The zero-order valence-corrected chi connectivity index (χ0v) is 12.5. The summed E-state index contributed by atoms with van der Waals surface area (Å²) in [6, 6.07) is 11.9. The zero-order valence-electron chi connectivity index (χ0n) is 11.6. The first-order valence-electron chi connectivity index (χ1n) is 6.37. The van der Waals surface area contributed by atoms with Crippen molar-refractivity contribution in [2.24, 2.45) is 0 Å². The summed E-state index contributed by atoms with van der Waals surface area (Å²) in [6.07, 6.45) is 1.56. The molecule has 0 amide bonds. The molecule has 0 aliphatic carbocycles. The van der Waals surface area contributed by atoms with Gasteiger partial charge in [0.2, 0.25) is 5.88 Å². The van der Waals surface area contributed by atoms with Crippen molar-refractivity contribution in [1.82, 2.24) is 8.96 Å². The highest BCUT2D eigenvalue weighted by Crippen LogP contribution is 2.28. The van der Waals surface area contributed by atoms with E-state index >= 15 is 0 Å². The van der Waals surface area contributed by atoms with Crippen LogP contribution in [0.15, 0.2) is 53.6 Å². The Kier molecular flexibility index (Phi) is 3.17. The lowest BCUT2D eigenvalue weighted by Crippen LogP contribution is -2.14. The van der Waals surface area contributed by atoms with Gasteiger partial charge in [0.15, 0.2) is 5.65 Å². The van der Waals surface area contributed by atoms with Crippen LogP contribution in [0.3, 0.4) is 0 Å². The van der Waals surface area contributed by atoms with E-state index in [9.17, 15) is 8.42 Å². The van der Waals surface area contributed by atoms with E-state index in [4.69, 9.17) is 4.74 Å². The summed E-state index contributed by atoms with van der Waals surface area (Å²) in [7, 11) is -2.31. The van der Waals surface area contributed by atoms with Gasteiger partial charge in [0.1, 0.15) is 0 Å². The van der Waals surface area contributed by atoms with Crippen LogP contribution in [0.1, 0.15) is 5.56 Å². The average molecular weight is 302 g/mol. The monoisotopic (exact) mass is 302 g/mol. The fourth-order valence-electron chi connectivity index (χ4n) is 2.18. The fraction of sp³-hybridized carbons (Fsp3) is 0.133. The van der Waals surface area contributed by atoms with E-state index in [-0.39, 0.29) is 10.8 Å². The van der Waals surface area contributed by atoms with Gasteiger partial charge >= 0.3 is 0 Å². The van der Waals surface area contributed by atoms with Gasteiger partial charge in [-0.2, -0.15) is 3.97 Å². The Labute approximate surface area is 122 Å². The van der Waals surface area contributed by atoms with Crippen molar-refractivity contribution in [2.75, 3.05) is 7.11 Å². The van der Waals surface area contributed by atoms with Gasteiger partial charge < -0.3 is 4.74 Å². The van der Waals surface area contributed by atoms with E-state index in [1.54, 1.807) is 48.7 Å². The van der Waals surface area contributed by atoms with E-state index < -0.39 is 10.0 Å². The smallest absolute Gasteiger partial charge is 0.272 e. The third-order valence-corrected chi connectivity index (χ3v) is 4.96.